The second-order valence-corrected chi connectivity index (χ2v) is 7.11. The molecule has 0 radical (unpaired) electrons. The van der Waals surface area contributed by atoms with Gasteiger partial charge in [0.05, 0.1) is 23.4 Å². The van der Waals surface area contributed by atoms with Gasteiger partial charge in [0, 0.05) is 45.0 Å². The molecule has 1 saturated heterocycles. The number of carbonyl (C=O) groups excluding carboxylic acids is 2. The summed E-state index contributed by atoms with van der Waals surface area (Å²) in [6.07, 6.45) is 1.47. The van der Waals surface area contributed by atoms with Gasteiger partial charge in [0.25, 0.3) is 5.91 Å². The standard InChI is InChI=1S/C20H22ClN5O3/c21-17-12-16(4-3-15(17)13-22)24-19(27)14-26-9-7-25(8-10-26)6-5-23-20(28)18-2-1-11-29-18/h1-4,11-12H,5-10,14H2,(H,23,28)(H,24,27). The molecule has 29 heavy (non-hydrogen) atoms. The number of carbonyl (C=O) groups is 2. The molecular weight excluding hydrogens is 394 g/mol. The van der Waals surface area contributed by atoms with Crippen LogP contribution >= 0.6 is 11.6 Å². The summed E-state index contributed by atoms with van der Waals surface area (Å²) in [6.45, 7) is 4.77. The monoisotopic (exact) mass is 415 g/mol. The van der Waals surface area contributed by atoms with Gasteiger partial charge in [-0.1, -0.05) is 11.6 Å². The summed E-state index contributed by atoms with van der Waals surface area (Å²) < 4.78 is 5.06. The number of benzene rings is 1. The van der Waals surface area contributed by atoms with Crippen LogP contribution in [0.5, 0.6) is 0 Å². The molecule has 1 aliphatic rings. The fraction of sp³-hybridized carbons (Fsp3) is 0.350. The minimum atomic E-state index is -0.215. The van der Waals surface area contributed by atoms with E-state index in [1.807, 2.05) is 6.07 Å². The first kappa shape index (κ1) is 20.9. The van der Waals surface area contributed by atoms with E-state index in [9.17, 15) is 9.59 Å². The summed E-state index contributed by atoms with van der Waals surface area (Å²) >= 11 is 5.99. The molecule has 0 bridgehead atoms. The molecular formula is C20H22ClN5O3. The van der Waals surface area contributed by atoms with Crippen molar-refractivity contribution in [1.82, 2.24) is 15.1 Å². The molecule has 2 amide bonds. The van der Waals surface area contributed by atoms with Crippen molar-refractivity contribution in [1.29, 1.82) is 5.26 Å². The van der Waals surface area contributed by atoms with Crippen molar-refractivity contribution in [3.8, 4) is 6.07 Å². The molecule has 1 aromatic heterocycles. The number of anilines is 1. The lowest BCUT2D eigenvalue weighted by Gasteiger charge is -2.34. The highest BCUT2D eigenvalue weighted by molar-refractivity contribution is 6.32. The zero-order valence-corrected chi connectivity index (χ0v) is 16.6. The highest BCUT2D eigenvalue weighted by Gasteiger charge is 2.19. The zero-order valence-electron chi connectivity index (χ0n) is 15.9. The van der Waals surface area contributed by atoms with Crippen molar-refractivity contribution in [3.05, 3.63) is 52.9 Å². The maximum absolute atomic E-state index is 12.3. The number of nitriles is 1. The minimum Gasteiger partial charge on any atom is -0.459 e. The normalized spacial score (nSPS) is 14.9. The minimum absolute atomic E-state index is 0.120. The SMILES string of the molecule is N#Cc1ccc(NC(=O)CN2CCN(CCNC(=O)c3ccco3)CC2)cc1Cl. The third-order valence-electron chi connectivity index (χ3n) is 4.66. The van der Waals surface area contributed by atoms with E-state index in [-0.39, 0.29) is 11.8 Å². The van der Waals surface area contributed by atoms with Gasteiger partial charge in [-0.05, 0) is 30.3 Å². The molecule has 2 N–H and O–H groups in total. The average molecular weight is 416 g/mol. The van der Waals surface area contributed by atoms with E-state index >= 15 is 0 Å². The fourth-order valence-corrected chi connectivity index (χ4v) is 3.30. The van der Waals surface area contributed by atoms with Crippen LogP contribution in [0.3, 0.4) is 0 Å². The van der Waals surface area contributed by atoms with Crippen molar-refractivity contribution >= 4 is 29.1 Å². The van der Waals surface area contributed by atoms with Gasteiger partial charge in [-0.25, -0.2) is 0 Å². The number of nitrogens with one attached hydrogen (secondary N) is 2. The number of hydrogen-bond acceptors (Lipinski definition) is 6. The maximum Gasteiger partial charge on any atom is 0.287 e. The van der Waals surface area contributed by atoms with E-state index in [1.54, 1.807) is 30.3 Å². The van der Waals surface area contributed by atoms with Gasteiger partial charge < -0.3 is 15.1 Å². The molecule has 1 fully saturated rings. The van der Waals surface area contributed by atoms with Gasteiger partial charge in [0.15, 0.2) is 5.76 Å². The van der Waals surface area contributed by atoms with Crippen LogP contribution in [-0.4, -0.2) is 67.4 Å². The Morgan fingerprint density at radius 2 is 1.93 bits per heavy atom. The van der Waals surface area contributed by atoms with E-state index in [0.717, 1.165) is 32.7 Å². The predicted octanol–water partition coefficient (Wildman–Crippen LogP) is 1.79. The Morgan fingerprint density at radius 1 is 1.17 bits per heavy atom. The van der Waals surface area contributed by atoms with Crippen LogP contribution in [0.2, 0.25) is 5.02 Å². The summed E-state index contributed by atoms with van der Waals surface area (Å²) in [4.78, 5) is 28.4. The molecule has 1 aromatic carbocycles. The molecule has 3 rings (SSSR count). The summed E-state index contributed by atoms with van der Waals surface area (Å²) in [5, 5.41) is 14.9. The third-order valence-corrected chi connectivity index (χ3v) is 4.98. The van der Waals surface area contributed by atoms with Crippen LogP contribution in [0.1, 0.15) is 16.1 Å². The Labute approximate surface area is 174 Å². The molecule has 2 aromatic rings. The first-order chi connectivity index (χ1) is 14.0. The van der Waals surface area contributed by atoms with E-state index in [2.05, 4.69) is 20.4 Å². The van der Waals surface area contributed by atoms with Crippen molar-refractivity contribution < 1.29 is 14.0 Å². The Hall–Kier alpha value is -2.86. The van der Waals surface area contributed by atoms with Crippen LogP contribution in [-0.2, 0) is 4.79 Å². The maximum atomic E-state index is 12.3. The summed E-state index contributed by atoms with van der Waals surface area (Å²) in [6, 6.07) is 10.1. The van der Waals surface area contributed by atoms with Crippen LogP contribution in [0.15, 0.2) is 41.0 Å². The van der Waals surface area contributed by atoms with Gasteiger partial charge in [0.2, 0.25) is 5.91 Å². The lowest BCUT2D eigenvalue weighted by Crippen LogP contribution is -2.50. The molecule has 8 nitrogen and oxygen atoms in total. The van der Waals surface area contributed by atoms with Crippen LogP contribution < -0.4 is 10.6 Å². The highest BCUT2D eigenvalue weighted by atomic mass is 35.5. The van der Waals surface area contributed by atoms with E-state index in [4.69, 9.17) is 21.3 Å². The molecule has 1 aliphatic heterocycles. The average Bonchev–Trinajstić information content (AvgIpc) is 3.24. The first-order valence-electron chi connectivity index (χ1n) is 9.31. The summed E-state index contributed by atoms with van der Waals surface area (Å²) in [5.41, 5.74) is 0.950. The predicted molar refractivity (Wildman–Crippen MR) is 109 cm³/mol. The number of furan rings is 1. The highest BCUT2D eigenvalue weighted by Crippen LogP contribution is 2.20. The van der Waals surface area contributed by atoms with Gasteiger partial charge in [-0.2, -0.15) is 5.26 Å². The Bertz CT molecular complexity index is 886. The van der Waals surface area contributed by atoms with Crippen molar-refractivity contribution in [2.24, 2.45) is 0 Å². The molecule has 9 heteroatoms. The summed E-state index contributed by atoms with van der Waals surface area (Å²) in [5.74, 6) is -0.0254. The fourth-order valence-electron chi connectivity index (χ4n) is 3.08. The number of hydrogen-bond donors (Lipinski definition) is 2. The number of halogens is 1. The second-order valence-electron chi connectivity index (χ2n) is 6.71. The van der Waals surface area contributed by atoms with Crippen molar-refractivity contribution in [2.75, 3.05) is 51.1 Å². The number of amides is 2. The lowest BCUT2D eigenvalue weighted by molar-refractivity contribution is -0.117. The second kappa shape index (κ2) is 10.1. The van der Waals surface area contributed by atoms with Crippen LogP contribution in [0.25, 0.3) is 0 Å². The molecule has 2 heterocycles. The van der Waals surface area contributed by atoms with Crippen LogP contribution in [0, 0.1) is 11.3 Å². The van der Waals surface area contributed by atoms with Crippen molar-refractivity contribution in [3.63, 3.8) is 0 Å². The van der Waals surface area contributed by atoms with Gasteiger partial charge in [-0.3, -0.25) is 19.4 Å². The first-order valence-corrected chi connectivity index (χ1v) is 9.69. The van der Waals surface area contributed by atoms with Gasteiger partial charge in [0.1, 0.15) is 6.07 Å². The molecule has 0 spiro atoms. The van der Waals surface area contributed by atoms with E-state index < -0.39 is 0 Å². The van der Waals surface area contributed by atoms with Gasteiger partial charge in [-0.15, -0.1) is 0 Å². The lowest BCUT2D eigenvalue weighted by atomic mass is 10.2. The topological polar surface area (TPSA) is 102 Å². The van der Waals surface area contributed by atoms with Gasteiger partial charge >= 0.3 is 0 Å². The Morgan fingerprint density at radius 3 is 2.59 bits per heavy atom. The molecule has 0 aliphatic carbocycles. The summed E-state index contributed by atoms with van der Waals surface area (Å²) in [7, 11) is 0. The number of piperazine rings is 1. The smallest absolute Gasteiger partial charge is 0.287 e. The molecule has 0 atom stereocenters. The Balaban J connectivity index is 1.35. The Kier molecular flexibility index (Phi) is 7.25. The largest absolute Gasteiger partial charge is 0.459 e. The van der Waals surface area contributed by atoms with Crippen molar-refractivity contribution in [2.45, 2.75) is 0 Å². The van der Waals surface area contributed by atoms with E-state index in [0.29, 0.717) is 35.1 Å². The molecule has 0 saturated carbocycles. The van der Waals surface area contributed by atoms with E-state index in [1.165, 1.54) is 6.26 Å². The van der Waals surface area contributed by atoms with Crippen LogP contribution in [0.4, 0.5) is 5.69 Å². The third kappa shape index (κ3) is 6.06. The quantitative estimate of drug-likeness (QED) is 0.714. The number of rotatable bonds is 7. The number of nitrogens with zero attached hydrogens (tertiary/aromatic N) is 3. The zero-order chi connectivity index (χ0) is 20.6. The molecule has 152 valence electrons. The molecule has 0 unspecified atom stereocenters.